The molecular weight excluding hydrogens is 1590 g/mol. The van der Waals surface area contributed by atoms with Gasteiger partial charge in [0, 0.05) is 123 Å². The van der Waals surface area contributed by atoms with Crippen molar-refractivity contribution in [3.8, 4) is 33.4 Å². The SMILES string of the molecule is c1ccc(-c2ccccc2N(c2ccccc2)c2ccc3c(c2)oc2c4ccc(-c5ccc(N(c6ccccc6)c6cccc7c6oc6ccccc67)cc5)cc4c4ccccc4c32)cc1.c1ccc(N(c2ccc3ccccc3c2)c2ccc3c(c2)oc2c4ccc(-c5ccc(N(c6ccccc6)c6cccc7c6oc6ccccc67)cc5)cc4c4ccccc4c32)cc1. The maximum absolute atomic E-state index is 7.03. The van der Waals surface area contributed by atoms with E-state index in [1.807, 2.05) is 24.3 Å². The summed E-state index contributed by atoms with van der Waals surface area (Å²) < 4.78 is 27.1. The molecule has 0 aliphatic heterocycles. The average Bonchev–Trinajstić information content (AvgIpc) is 1.54. The summed E-state index contributed by atoms with van der Waals surface area (Å²) in [5.41, 5.74) is 26.4. The van der Waals surface area contributed by atoms with Crippen LogP contribution >= 0.6 is 0 Å². The molecular formula is C122H78N4O4. The van der Waals surface area contributed by atoms with Crippen LogP contribution in [0.5, 0.6) is 0 Å². The number of fused-ring (bicyclic) bond motifs is 23. The molecule has 8 heteroatoms. The Kier molecular flexibility index (Phi) is 18.1. The van der Waals surface area contributed by atoms with Gasteiger partial charge in [0.2, 0.25) is 0 Å². The fourth-order valence-corrected chi connectivity index (χ4v) is 19.8. The molecule has 8 nitrogen and oxygen atoms in total. The van der Waals surface area contributed by atoms with Crippen LogP contribution in [0.15, 0.2) is 491 Å². The van der Waals surface area contributed by atoms with Gasteiger partial charge in [-0.15, -0.1) is 0 Å². The zero-order valence-electron chi connectivity index (χ0n) is 70.5. The molecule has 26 rings (SSSR count). The predicted octanol–water partition coefficient (Wildman–Crippen LogP) is 35.6. The second-order valence-corrected chi connectivity index (χ2v) is 33.3. The van der Waals surface area contributed by atoms with Crippen molar-refractivity contribution in [1.82, 2.24) is 0 Å². The highest BCUT2D eigenvalue weighted by Crippen LogP contribution is 2.51. The molecule has 610 valence electrons. The normalized spacial score (nSPS) is 11.7. The Labute approximate surface area is 748 Å². The number of hydrogen-bond donors (Lipinski definition) is 0. The van der Waals surface area contributed by atoms with E-state index in [0.717, 1.165) is 211 Å². The van der Waals surface area contributed by atoms with Crippen LogP contribution in [0.1, 0.15) is 0 Å². The van der Waals surface area contributed by atoms with Crippen LogP contribution in [-0.4, -0.2) is 0 Å². The third kappa shape index (κ3) is 12.8. The van der Waals surface area contributed by atoms with Gasteiger partial charge in [0.05, 0.1) is 17.1 Å². The van der Waals surface area contributed by atoms with Crippen molar-refractivity contribution in [1.29, 1.82) is 0 Å². The van der Waals surface area contributed by atoms with E-state index in [9.17, 15) is 0 Å². The largest absolute Gasteiger partial charge is 0.455 e. The number of para-hydroxylation sites is 9. The Balaban J connectivity index is 0.000000140. The van der Waals surface area contributed by atoms with Crippen molar-refractivity contribution in [3.05, 3.63) is 473 Å². The van der Waals surface area contributed by atoms with E-state index in [4.69, 9.17) is 17.7 Å². The number of rotatable bonds is 15. The quantitative estimate of drug-likeness (QED) is 0.0941. The van der Waals surface area contributed by atoms with Crippen molar-refractivity contribution in [3.63, 3.8) is 0 Å². The van der Waals surface area contributed by atoms with Gasteiger partial charge in [-0.25, -0.2) is 0 Å². The molecule has 0 aliphatic rings. The summed E-state index contributed by atoms with van der Waals surface area (Å²) in [5.74, 6) is 0. The van der Waals surface area contributed by atoms with Gasteiger partial charge < -0.3 is 37.3 Å². The van der Waals surface area contributed by atoms with Crippen molar-refractivity contribution >= 4 is 210 Å². The summed E-state index contributed by atoms with van der Waals surface area (Å²) in [4.78, 5) is 9.21. The Hall–Kier alpha value is -17.5. The Morgan fingerprint density at radius 3 is 0.938 bits per heavy atom. The van der Waals surface area contributed by atoms with Gasteiger partial charge in [0.15, 0.2) is 11.2 Å². The summed E-state index contributed by atoms with van der Waals surface area (Å²) in [6.45, 7) is 0. The number of nitrogens with zero attached hydrogens (tertiary/aromatic N) is 4. The van der Waals surface area contributed by atoms with Gasteiger partial charge >= 0.3 is 0 Å². The van der Waals surface area contributed by atoms with Crippen LogP contribution in [0.25, 0.3) is 175 Å². The van der Waals surface area contributed by atoms with Crippen molar-refractivity contribution < 1.29 is 17.7 Å². The molecule has 0 saturated heterocycles. The summed E-state index contributed by atoms with van der Waals surface area (Å²) in [5, 5.41) is 20.6. The smallest absolute Gasteiger partial charge is 0.159 e. The zero-order valence-corrected chi connectivity index (χ0v) is 70.5. The molecule has 0 N–H and O–H groups in total. The first-order chi connectivity index (χ1) is 64.5. The van der Waals surface area contributed by atoms with Crippen LogP contribution in [0, 0.1) is 0 Å². The molecule has 0 spiro atoms. The highest BCUT2D eigenvalue weighted by atomic mass is 16.3. The third-order valence-electron chi connectivity index (χ3n) is 25.8. The first kappa shape index (κ1) is 75.1. The number of anilines is 12. The monoisotopic (exact) mass is 1660 g/mol. The lowest BCUT2D eigenvalue weighted by atomic mass is 9.94. The van der Waals surface area contributed by atoms with E-state index in [1.54, 1.807) is 0 Å². The summed E-state index contributed by atoms with van der Waals surface area (Å²) in [7, 11) is 0. The van der Waals surface area contributed by atoms with Crippen LogP contribution in [0.3, 0.4) is 0 Å². The highest BCUT2D eigenvalue weighted by Gasteiger charge is 2.27. The number of benzene rings is 22. The molecule has 0 radical (unpaired) electrons. The van der Waals surface area contributed by atoms with Crippen LogP contribution < -0.4 is 19.6 Å². The van der Waals surface area contributed by atoms with Crippen LogP contribution in [-0.2, 0) is 0 Å². The molecule has 0 aliphatic carbocycles. The molecule has 0 amide bonds. The van der Waals surface area contributed by atoms with Crippen molar-refractivity contribution in [2.45, 2.75) is 0 Å². The Bertz CT molecular complexity index is 8870. The first-order valence-electron chi connectivity index (χ1n) is 44.2. The lowest BCUT2D eigenvalue weighted by Gasteiger charge is -2.27. The van der Waals surface area contributed by atoms with Gasteiger partial charge in [-0.1, -0.05) is 297 Å². The molecule has 130 heavy (non-hydrogen) atoms. The molecule has 22 aromatic carbocycles. The van der Waals surface area contributed by atoms with E-state index < -0.39 is 0 Å². The fraction of sp³-hybridized carbons (Fsp3) is 0. The Morgan fingerprint density at radius 1 is 0.138 bits per heavy atom. The van der Waals surface area contributed by atoms with Crippen molar-refractivity contribution in [2.75, 3.05) is 19.6 Å². The van der Waals surface area contributed by atoms with Crippen LogP contribution in [0.4, 0.5) is 68.2 Å². The van der Waals surface area contributed by atoms with Gasteiger partial charge in [0.1, 0.15) is 33.5 Å². The van der Waals surface area contributed by atoms with E-state index in [-0.39, 0.29) is 0 Å². The van der Waals surface area contributed by atoms with Gasteiger partial charge in [-0.3, -0.25) is 0 Å². The maximum atomic E-state index is 7.03. The predicted molar refractivity (Wildman–Crippen MR) is 545 cm³/mol. The molecule has 0 fully saturated rings. The topological polar surface area (TPSA) is 65.5 Å². The van der Waals surface area contributed by atoms with Gasteiger partial charge in [-0.05, 0) is 235 Å². The molecule has 0 saturated carbocycles. The van der Waals surface area contributed by atoms with Gasteiger partial charge in [0.25, 0.3) is 0 Å². The van der Waals surface area contributed by atoms with Crippen molar-refractivity contribution in [2.24, 2.45) is 0 Å². The Morgan fingerprint density at radius 2 is 0.454 bits per heavy atom. The number of hydrogen-bond acceptors (Lipinski definition) is 8. The summed E-state index contributed by atoms with van der Waals surface area (Å²) in [6.07, 6.45) is 0. The lowest BCUT2D eigenvalue weighted by molar-refractivity contribution is 0.668. The van der Waals surface area contributed by atoms with E-state index in [1.165, 1.54) is 32.3 Å². The third-order valence-corrected chi connectivity index (χ3v) is 25.8. The molecule has 0 bridgehead atoms. The average molecular weight is 1660 g/mol. The zero-order chi connectivity index (χ0) is 85.7. The molecule has 4 heterocycles. The first-order valence-corrected chi connectivity index (χ1v) is 44.2. The second-order valence-electron chi connectivity index (χ2n) is 33.3. The molecule has 26 aromatic rings. The van der Waals surface area contributed by atoms with E-state index in [2.05, 4.69) is 469 Å². The maximum Gasteiger partial charge on any atom is 0.159 e. The molecule has 0 atom stereocenters. The van der Waals surface area contributed by atoms with Gasteiger partial charge in [-0.2, -0.15) is 0 Å². The fourth-order valence-electron chi connectivity index (χ4n) is 19.8. The second kappa shape index (κ2) is 31.3. The summed E-state index contributed by atoms with van der Waals surface area (Å²) in [6, 6.07) is 168. The highest BCUT2D eigenvalue weighted by molar-refractivity contribution is 6.32. The van der Waals surface area contributed by atoms with Crippen LogP contribution in [0.2, 0.25) is 0 Å². The standard InChI is InChI=1S/C62H40N2O2.C60H38N2O2/c1-4-17-42(18-5-1)48-23-12-14-28-56(48)64(45-21-8-3-9-22-45)47-36-38-54-59(40-47)66-62-53-37-33-43(39-55(53)49-24-10-11-26-51(49)60(54)62)41-31-34-46(35-32-41)63(44-19-6-2-7-20-44)57-29-16-27-52-50-25-13-15-30-58(50)65-61(52)57;1-3-16-43(17-4-1)61(46-32-28-39-14-7-8-15-41(39)36-46)47-33-35-53-57(38-47)64-60-52-34-29-42(37-54(52)48-20-9-10-22-50(48)58(53)60)40-26-30-45(31-27-40)62(44-18-5-2-6-19-44)55-24-13-23-51-49-21-11-12-25-56(49)63-59(51)55/h1-40H;1-38H. The lowest BCUT2D eigenvalue weighted by Crippen LogP contribution is -2.11. The minimum Gasteiger partial charge on any atom is -0.455 e. The molecule has 0 unspecified atom stereocenters. The molecule has 4 aromatic heterocycles. The van der Waals surface area contributed by atoms with E-state index in [0.29, 0.717) is 0 Å². The minimum absolute atomic E-state index is 0.847. The minimum atomic E-state index is 0.847. The van der Waals surface area contributed by atoms with E-state index >= 15 is 0 Å². The summed E-state index contributed by atoms with van der Waals surface area (Å²) >= 11 is 0. The number of furan rings is 4.